The van der Waals surface area contributed by atoms with Crippen LogP contribution in [0.15, 0.2) is 12.7 Å². The van der Waals surface area contributed by atoms with E-state index in [4.69, 9.17) is 9.47 Å². The van der Waals surface area contributed by atoms with Crippen molar-refractivity contribution in [1.29, 1.82) is 0 Å². The Morgan fingerprint density at radius 3 is 1.20 bits per heavy atom. The van der Waals surface area contributed by atoms with E-state index in [1.54, 1.807) is 0 Å². The topological polar surface area (TPSA) is 36.9 Å². The maximum absolute atomic E-state index is 12.5. The van der Waals surface area contributed by atoms with Crippen LogP contribution in [0.5, 0.6) is 0 Å². The lowest BCUT2D eigenvalue weighted by Gasteiger charge is -2.31. The number of ether oxygens (including phenoxy) is 4. The summed E-state index contributed by atoms with van der Waals surface area (Å²) in [5.74, 6) is -5.95. The molecule has 0 rings (SSSR count). The van der Waals surface area contributed by atoms with Gasteiger partial charge in [-0.1, -0.05) is 0 Å². The molecule has 0 heterocycles. The summed E-state index contributed by atoms with van der Waals surface area (Å²) in [6, 6.07) is 0. The molecule has 4 nitrogen and oxygen atoms in total. The highest BCUT2D eigenvalue weighted by molar-refractivity contribution is 14.0. The molecule has 0 aromatic carbocycles. The van der Waals surface area contributed by atoms with Crippen molar-refractivity contribution in [2.75, 3.05) is 28.4 Å². The molecular formula is C14H27F6IO4. The van der Waals surface area contributed by atoms with Gasteiger partial charge in [-0.3, -0.25) is 0 Å². The molecule has 11 heteroatoms. The maximum Gasteiger partial charge on any atom is 0.297 e. The van der Waals surface area contributed by atoms with Gasteiger partial charge in [0.05, 0.1) is 6.42 Å². The Labute approximate surface area is 161 Å². The van der Waals surface area contributed by atoms with Crippen molar-refractivity contribution in [1.82, 2.24) is 0 Å². The molecule has 25 heavy (non-hydrogen) atoms. The molecule has 0 amide bonds. The van der Waals surface area contributed by atoms with Crippen molar-refractivity contribution in [3.8, 4) is 0 Å². The summed E-state index contributed by atoms with van der Waals surface area (Å²) in [7, 11) is 5.04. The predicted octanol–water partition coefficient (Wildman–Crippen LogP) is 5.32. The Kier molecular flexibility index (Phi) is 19.5. The number of hydrogen-bond acceptors (Lipinski definition) is 4. The van der Waals surface area contributed by atoms with Gasteiger partial charge in [-0.05, 0) is 20.4 Å². The Hall–Kier alpha value is -0.110. The van der Waals surface area contributed by atoms with Crippen LogP contribution in [0.25, 0.3) is 0 Å². The highest BCUT2D eigenvalue weighted by Crippen LogP contribution is 2.30. The third kappa shape index (κ3) is 17.1. The molecule has 0 saturated heterocycles. The summed E-state index contributed by atoms with van der Waals surface area (Å²) < 4.78 is 87.2. The van der Waals surface area contributed by atoms with Gasteiger partial charge in [0.25, 0.3) is 12.0 Å². The van der Waals surface area contributed by atoms with E-state index < -0.39 is 36.4 Å². The predicted molar refractivity (Wildman–Crippen MR) is 92.9 cm³/mol. The number of rotatable bonds is 7. The van der Waals surface area contributed by atoms with Crippen LogP contribution in [0.4, 0.5) is 26.3 Å². The van der Waals surface area contributed by atoms with E-state index in [0.29, 0.717) is 0 Å². The van der Waals surface area contributed by atoms with E-state index in [-0.39, 0.29) is 24.0 Å². The van der Waals surface area contributed by atoms with Gasteiger partial charge in [0.1, 0.15) is 0 Å². The monoisotopic (exact) mass is 500 g/mol. The number of halogens is 7. The molecule has 0 N–H and O–H groups in total. The van der Waals surface area contributed by atoms with Crippen molar-refractivity contribution < 1.29 is 45.3 Å². The fourth-order valence-corrected chi connectivity index (χ4v) is 0.972. The quantitative estimate of drug-likeness (QED) is 0.270. The minimum atomic E-state index is -2.99. The van der Waals surface area contributed by atoms with Gasteiger partial charge in [0, 0.05) is 35.4 Å². The molecule has 0 atom stereocenters. The summed E-state index contributed by atoms with van der Waals surface area (Å²) in [6.07, 6.45) is -4.63. The van der Waals surface area contributed by atoms with Gasteiger partial charge in [-0.25, -0.2) is 17.6 Å². The standard InChI is InChI=1S/2C6H12F2O2.C2H2F2.HI/c1-6(9-2,10-3)4-5(7)8;1-5(7,8)6(2,9-3)10-4;1-2(3)4;/h5H,4H2,1-3H3;1-4H3;1H2;1H. The normalized spacial score (nSPS) is 11.6. The smallest absolute Gasteiger partial charge is 0.297 e. The van der Waals surface area contributed by atoms with Crippen LogP contribution in [0.1, 0.15) is 27.2 Å². The van der Waals surface area contributed by atoms with Gasteiger partial charge in [-0.2, -0.15) is 8.78 Å². The largest absolute Gasteiger partial charge is 0.353 e. The third-order valence-corrected chi connectivity index (χ3v) is 2.97. The first-order valence-electron chi connectivity index (χ1n) is 6.51. The first kappa shape index (κ1) is 32.6. The van der Waals surface area contributed by atoms with E-state index in [9.17, 15) is 26.3 Å². The zero-order valence-electron chi connectivity index (χ0n) is 15.3. The van der Waals surface area contributed by atoms with Crippen LogP contribution in [-0.2, 0) is 18.9 Å². The van der Waals surface area contributed by atoms with Crippen molar-refractivity contribution in [3.05, 3.63) is 12.7 Å². The molecule has 0 spiro atoms. The summed E-state index contributed by atoms with van der Waals surface area (Å²) in [5.41, 5.74) is 0. The van der Waals surface area contributed by atoms with Gasteiger partial charge < -0.3 is 18.9 Å². The molecular weight excluding hydrogens is 473 g/mol. The second kappa shape index (κ2) is 15.0. The van der Waals surface area contributed by atoms with Crippen LogP contribution in [0.3, 0.4) is 0 Å². The average molecular weight is 500 g/mol. The molecule has 0 saturated carbocycles. The summed E-state index contributed by atoms with van der Waals surface area (Å²) in [6.45, 7) is 5.63. The minimum Gasteiger partial charge on any atom is -0.353 e. The second-order valence-electron chi connectivity index (χ2n) is 4.72. The van der Waals surface area contributed by atoms with Gasteiger partial charge >= 0.3 is 0 Å². The zero-order chi connectivity index (χ0) is 20.2. The van der Waals surface area contributed by atoms with E-state index in [0.717, 1.165) is 6.92 Å². The molecule has 0 aliphatic carbocycles. The Balaban J connectivity index is -0.000000141. The number of alkyl halides is 4. The van der Waals surface area contributed by atoms with Crippen molar-refractivity contribution >= 4 is 24.0 Å². The average Bonchev–Trinajstić information content (AvgIpc) is 2.44. The van der Waals surface area contributed by atoms with Gasteiger partial charge in [-0.15, -0.1) is 24.0 Å². The van der Waals surface area contributed by atoms with Crippen LogP contribution in [0.2, 0.25) is 0 Å². The van der Waals surface area contributed by atoms with Crippen molar-refractivity contribution in [2.24, 2.45) is 0 Å². The lowest BCUT2D eigenvalue weighted by Crippen LogP contribution is -2.46. The van der Waals surface area contributed by atoms with Crippen molar-refractivity contribution in [3.63, 3.8) is 0 Å². The first-order valence-corrected chi connectivity index (χ1v) is 6.51. The molecule has 0 fully saturated rings. The van der Waals surface area contributed by atoms with Crippen molar-refractivity contribution in [2.45, 2.75) is 51.1 Å². The van der Waals surface area contributed by atoms with Crippen LogP contribution < -0.4 is 0 Å². The second-order valence-corrected chi connectivity index (χ2v) is 4.72. The maximum atomic E-state index is 12.5. The van der Waals surface area contributed by atoms with E-state index in [1.165, 1.54) is 42.3 Å². The highest BCUT2D eigenvalue weighted by atomic mass is 127. The highest BCUT2D eigenvalue weighted by Gasteiger charge is 2.47. The Bertz CT molecular complexity index is 328. The summed E-state index contributed by atoms with van der Waals surface area (Å²) in [5, 5.41) is 0. The van der Waals surface area contributed by atoms with Gasteiger partial charge in [0.15, 0.2) is 5.79 Å². The minimum absolute atomic E-state index is 0. The lowest BCUT2D eigenvalue weighted by molar-refractivity contribution is -0.302. The zero-order valence-corrected chi connectivity index (χ0v) is 17.6. The van der Waals surface area contributed by atoms with Crippen LogP contribution in [-0.4, -0.2) is 52.4 Å². The molecule has 156 valence electrons. The number of methoxy groups -OCH3 is 4. The molecule has 0 aliphatic heterocycles. The fraction of sp³-hybridized carbons (Fsp3) is 0.857. The molecule has 0 aromatic heterocycles. The van der Waals surface area contributed by atoms with E-state index >= 15 is 0 Å². The number of hydrogen-bond donors (Lipinski definition) is 0. The fourth-order valence-electron chi connectivity index (χ4n) is 0.972. The summed E-state index contributed by atoms with van der Waals surface area (Å²) >= 11 is 0. The SMILES string of the molecule is C=C(F)F.COC(C)(CC(F)F)OC.COC(C)(OC)C(C)(F)F.I. The van der Waals surface area contributed by atoms with E-state index in [2.05, 4.69) is 16.1 Å². The van der Waals surface area contributed by atoms with Gasteiger partial charge in [0.2, 0.25) is 12.2 Å². The molecule has 0 aliphatic rings. The van der Waals surface area contributed by atoms with Crippen LogP contribution in [0, 0.1) is 0 Å². The Morgan fingerprint density at radius 2 is 1.16 bits per heavy atom. The Morgan fingerprint density at radius 1 is 0.880 bits per heavy atom. The lowest BCUT2D eigenvalue weighted by atomic mass is 10.2. The third-order valence-electron chi connectivity index (χ3n) is 2.97. The summed E-state index contributed by atoms with van der Waals surface area (Å²) in [4.78, 5) is 0. The molecule has 0 radical (unpaired) electrons. The molecule has 0 aromatic rings. The molecule has 0 bridgehead atoms. The van der Waals surface area contributed by atoms with Crippen LogP contribution >= 0.6 is 24.0 Å². The van der Waals surface area contributed by atoms with E-state index in [1.807, 2.05) is 0 Å². The first-order chi connectivity index (χ1) is 10.6. The molecule has 0 unspecified atom stereocenters.